The molecule has 1 aromatic rings. The molecule has 158 valence electrons. The molecule has 0 atom stereocenters. The summed E-state index contributed by atoms with van der Waals surface area (Å²) in [6, 6.07) is 5.51. The quantitative estimate of drug-likeness (QED) is 0.250. The summed E-state index contributed by atoms with van der Waals surface area (Å²) in [6.07, 6.45) is 11.3. The van der Waals surface area contributed by atoms with Gasteiger partial charge in [-0.2, -0.15) is 0 Å². The third-order valence-corrected chi connectivity index (χ3v) is 4.16. The Morgan fingerprint density at radius 1 is 0.966 bits per heavy atom. The Kier molecular flexibility index (Phi) is 11.2. The first-order valence-corrected chi connectivity index (χ1v) is 9.96. The predicted molar refractivity (Wildman–Crippen MR) is 120 cm³/mol. The second-order valence-electron chi connectivity index (χ2n) is 7.10. The highest BCUT2D eigenvalue weighted by Gasteiger charge is 2.04. The van der Waals surface area contributed by atoms with Gasteiger partial charge < -0.3 is 14.2 Å². The third kappa shape index (κ3) is 10.4. The molecule has 0 aliphatic heterocycles. The summed E-state index contributed by atoms with van der Waals surface area (Å²) >= 11 is 0. The number of hydrogen-bond donors (Lipinski definition) is 0. The van der Waals surface area contributed by atoms with Gasteiger partial charge in [0.1, 0.15) is 6.61 Å². The molecule has 0 fully saturated rings. The van der Waals surface area contributed by atoms with E-state index in [1.54, 1.807) is 13.2 Å². The molecule has 1 aromatic carbocycles. The van der Waals surface area contributed by atoms with Crippen molar-refractivity contribution in [2.45, 2.75) is 47.5 Å². The van der Waals surface area contributed by atoms with E-state index in [0.717, 1.165) is 18.4 Å². The maximum atomic E-state index is 11.9. The van der Waals surface area contributed by atoms with Crippen LogP contribution >= 0.6 is 0 Å². The second kappa shape index (κ2) is 13.4. The summed E-state index contributed by atoms with van der Waals surface area (Å²) in [4.78, 5) is 11.9. The number of rotatable bonds is 11. The molecule has 0 unspecified atom stereocenters. The van der Waals surface area contributed by atoms with E-state index in [1.807, 2.05) is 38.1 Å². The molecule has 0 amide bonds. The summed E-state index contributed by atoms with van der Waals surface area (Å²) in [7, 11) is 1.60. The number of allylic oxidation sites excluding steroid dienone is 5. The Balaban J connectivity index is 2.52. The van der Waals surface area contributed by atoms with Crippen molar-refractivity contribution in [3.63, 3.8) is 0 Å². The zero-order valence-corrected chi connectivity index (χ0v) is 18.6. The highest BCUT2D eigenvalue weighted by atomic mass is 16.5. The van der Waals surface area contributed by atoms with Crippen molar-refractivity contribution >= 4 is 12.0 Å². The van der Waals surface area contributed by atoms with E-state index < -0.39 is 0 Å². The van der Waals surface area contributed by atoms with Gasteiger partial charge in [-0.25, -0.2) is 4.79 Å². The van der Waals surface area contributed by atoms with E-state index in [-0.39, 0.29) is 12.6 Å². The molecule has 4 heteroatoms. The van der Waals surface area contributed by atoms with Gasteiger partial charge in [0.2, 0.25) is 0 Å². The monoisotopic (exact) mass is 398 g/mol. The van der Waals surface area contributed by atoms with Crippen molar-refractivity contribution in [3.05, 3.63) is 64.8 Å². The van der Waals surface area contributed by atoms with Crippen molar-refractivity contribution in [3.8, 4) is 11.5 Å². The van der Waals surface area contributed by atoms with Gasteiger partial charge in [-0.15, -0.1) is 0 Å². The number of carbonyl (C=O) groups excluding carboxylic acids is 1. The van der Waals surface area contributed by atoms with Crippen molar-refractivity contribution in [2.24, 2.45) is 0 Å². The van der Waals surface area contributed by atoms with Crippen molar-refractivity contribution in [1.29, 1.82) is 0 Å². The molecule has 0 radical (unpaired) electrons. The third-order valence-electron chi connectivity index (χ3n) is 4.16. The van der Waals surface area contributed by atoms with Gasteiger partial charge in [-0.1, -0.05) is 34.9 Å². The average Bonchev–Trinajstić information content (AvgIpc) is 2.69. The summed E-state index contributed by atoms with van der Waals surface area (Å²) in [5, 5.41) is 0. The number of hydrogen-bond acceptors (Lipinski definition) is 4. The Bertz CT molecular complexity index is 778. The van der Waals surface area contributed by atoms with Crippen molar-refractivity contribution in [2.75, 3.05) is 20.3 Å². The van der Waals surface area contributed by atoms with Crippen LogP contribution < -0.4 is 9.47 Å². The van der Waals surface area contributed by atoms with E-state index in [2.05, 4.69) is 32.9 Å². The molecule has 0 aliphatic rings. The Morgan fingerprint density at radius 3 is 2.31 bits per heavy atom. The molecule has 0 aromatic heterocycles. The highest BCUT2D eigenvalue weighted by molar-refractivity contribution is 5.87. The first kappa shape index (κ1) is 24.3. The van der Waals surface area contributed by atoms with Gasteiger partial charge in [0, 0.05) is 6.08 Å². The van der Waals surface area contributed by atoms with Gasteiger partial charge >= 0.3 is 5.97 Å². The first-order valence-electron chi connectivity index (χ1n) is 9.96. The molecule has 0 bridgehead atoms. The fourth-order valence-corrected chi connectivity index (χ4v) is 2.41. The van der Waals surface area contributed by atoms with Crippen LogP contribution in [-0.2, 0) is 9.53 Å². The zero-order valence-electron chi connectivity index (χ0n) is 18.6. The Labute approximate surface area is 175 Å². The first-order chi connectivity index (χ1) is 13.8. The summed E-state index contributed by atoms with van der Waals surface area (Å²) in [5.41, 5.74) is 4.68. The smallest absolute Gasteiger partial charge is 0.331 e. The van der Waals surface area contributed by atoms with Gasteiger partial charge in [-0.05, 0) is 77.3 Å². The van der Waals surface area contributed by atoms with Crippen LogP contribution in [0.2, 0.25) is 0 Å². The van der Waals surface area contributed by atoms with E-state index >= 15 is 0 Å². The maximum Gasteiger partial charge on any atom is 0.331 e. The van der Waals surface area contributed by atoms with Crippen molar-refractivity contribution in [1.82, 2.24) is 0 Å². The number of benzene rings is 1. The molecular formula is C25H34O4. The largest absolute Gasteiger partial charge is 0.493 e. The SMILES string of the molecule is CCOc1cc(C=CC(=O)OCC=C(C)CC=C(C)CC=C(C)C)ccc1OC. The molecule has 0 heterocycles. The van der Waals surface area contributed by atoms with Crippen LogP contribution in [-0.4, -0.2) is 26.3 Å². The van der Waals surface area contributed by atoms with Crippen LogP contribution in [0.3, 0.4) is 0 Å². The summed E-state index contributed by atoms with van der Waals surface area (Å²) in [6.45, 7) is 11.1. The summed E-state index contributed by atoms with van der Waals surface area (Å²) in [5.74, 6) is 0.937. The van der Waals surface area contributed by atoms with Gasteiger partial charge in [0.15, 0.2) is 11.5 Å². The minimum absolute atomic E-state index is 0.267. The molecule has 0 saturated carbocycles. The lowest BCUT2D eigenvalue weighted by molar-refractivity contribution is -0.136. The highest BCUT2D eigenvalue weighted by Crippen LogP contribution is 2.28. The van der Waals surface area contributed by atoms with Crippen LogP contribution in [0.4, 0.5) is 0 Å². The Morgan fingerprint density at radius 2 is 1.66 bits per heavy atom. The number of methoxy groups -OCH3 is 1. The van der Waals surface area contributed by atoms with Crippen molar-refractivity contribution < 1.29 is 19.0 Å². The number of esters is 1. The molecule has 4 nitrogen and oxygen atoms in total. The van der Waals surface area contributed by atoms with Gasteiger partial charge in [0.25, 0.3) is 0 Å². The Hall–Kier alpha value is -2.75. The number of ether oxygens (including phenoxy) is 3. The lowest BCUT2D eigenvalue weighted by Crippen LogP contribution is -2.00. The fraction of sp³-hybridized carbons (Fsp3) is 0.400. The summed E-state index contributed by atoms with van der Waals surface area (Å²) < 4.78 is 16.1. The van der Waals surface area contributed by atoms with Crippen LogP contribution in [0.5, 0.6) is 11.5 Å². The van der Waals surface area contributed by atoms with Crippen LogP contribution in [0, 0.1) is 0 Å². The molecule has 0 aliphatic carbocycles. The van der Waals surface area contributed by atoms with E-state index in [9.17, 15) is 4.79 Å². The number of carbonyl (C=O) groups is 1. The van der Waals surface area contributed by atoms with Gasteiger partial charge in [-0.3, -0.25) is 0 Å². The predicted octanol–water partition coefficient (Wildman–Crippen LogP) is 6.29. The topological polar surface area (TPSA) is 44.8 Å². The standard InChI is InChI=1S/C25H34O4/c1-7-28-24-18-22(12-14-23(24)27-6)13-15-25(26)29-17-16-21(5)11-10-20(4)9-8-19(2)3/h8,10,12-16,18H,7,9,11,17H2,1-6H3. The van der Waals surface area contributed by atoms with Crippen LogP contribution in [0.25, 0.3) is 6.08 Å². The average molecular weight is 399 g/mol. The molecule has 0 saturated heterocycles. The zero-order chi connectivity index (χ0) is 21.6. The normalized spacial score (nSPS) is 12.1. The minimum atomic E-state index is -0.377. The maximum absolute atomic E-state index is 11.9. The molecule has 0 spiro atoms. The molecule has 29 heavy (non-hydrogen) atoms. The van der Waals surface area contributed by atoms with Crippen LogP contribution in [0.1, 0.15) is 53.0 Å². The molecular weight excluding hydrogens is 364 g/mol. The fourth-order valence-electron chi connectivity index (χ4n) is 2.41. The van der Waals surface area contributed by atoms with E-state index in [4.69, 9.17) is 14.2 Å². The molecule has 0 N–H and O–H groups in total. The van der Waals surface area contributed by atoms with Crippen LogP contribution in [0.15, 0.2) is 59.2 Å². The van der Waals surface area contributed by atoms with E-state index in [0.29, 0.717) is 18.1 Å². The minimum Gasteiger partial charge on any atom is -0.493 e. The lowest BCUT2D eigenvalue weighted by Gasteiger charge is -2.09. The molecule has 1 rings (SSSR count). The van der Waals surface area contributed by atoms with E-state index in [1.165, 1.54) is 22.8 Å². The second-order valence-corrected chi connectivity index (χ2v) is 7.10. The lowest BCUT2D eigenvalue weighted by atomic mass is 10.1. The van der Waals surface area contributed by atoms with Gasteiger partial charge in [0.05, 0.1) is 13.7 Å².